The predicted molar refractivity (Wildman–Crippen MR) is 64.8 cm³/mol. The summed E-state index contributed by atoms with van der Waals surface area (Å²) in [7, 11) is 0. The second kappa shape index (κ2) is 3.98. The number of nitrogens with zero attached hydrogens (tertiary/aromatic N) is 2. The highest BCUT2D eigenvalue weighted by Crippen LogP contribution is 2.28. The summed E-state index contributed by atoms with van der Waals surface area (Å²) < 4.78 is 1.09. The lowest BCUT2D eigenvalue weighted by molar-refractivity contribution is -0.807. The van der Waals surface area contributed by atoms with Gasteiger partial charge in [-0.1, -0.05) is 11.6 Å². The number of hydroxylamine groups is 3. The zero-order chi connectivity index (χ0) is 12.8. The number of hydrogen-bond acceptors (Lipinski definition) is 3. The van der Waals surface area contributed by atoms with Crippen molar-refractivity contribution in [1.29, 1.82) is 0 Å². The van der Waals surface area contributed by atoms with E-state index in [-0.39, 0.29) is 0 Å². The zero-order valence-electron chi connectivity index (χ0n) is 10.1. The lowest BCUT2D eigenvalue weighted by Gasteiger charge is -2.23. The van der Waals surface area contributed by atoms with E-state index >= 15 is 0 Å². The molecule has 1 unspecified atom stereocenters. The van der Waals surface area contributed by atoms with Crippen LogP contribution < -0.4 is 0 Å². The van der Waals surface area contributed by atoms with Gasteiger partial charge in [0.1, 0.15) is 5.54 Å². The maximum absolute atomic E-state index is 10.0. The van der Waals surface area contributed by atoms with E-state index in [2.05, 4.69) is 0 Å². The minimum Gasteiger partial charge on any atom is -0.307 e. The van der Waals surface area contributed by atoms with E-state index < -0.39 is 11.7 Å². The molecule has 5 heteroatoms. The van der Waals surface area contributed by atoms with Crippen molar-refractivity contribution in [2.75, 3.05) is 0 Å². The van der Waals surface area contributed by atoms with Crippen LogP contribution in [0.2, 0.25) is 5.02 Å². The first kappa shape index (κ1) is 12.4. The molecule has 0 amide bonds. The van der Waals surface area contributed by atoms with Crippen LogP contribution >= 0.6 is 11.6 Å². The Kier molecular flexibility index (Phi) is 2.89. The van der Waals surface area contributed by atoms with Crippen LogP contribution in [0.1, 0.15) is 26.3 Å². The summed E-state index contributed by atoms with van der Waals surface area (Å²) in [5.41, 5.74) is 0.844. The maximum Gasteiger partial charge on any atom is 0.276 e. The molecule has 1 heterocycles. The predicted octanol–water partition coefficient (Wildman–Crippen LogP) is 2.36. The molecule has 0 saturated heterocycles. The summed E-state index contributed by atoms with van der Waals surface area (Å²) in [5.74, 6) is 0. The Bertz CT molecular complexity index is 468. The van der Waals surface area contributed by atoms with Gasteiger partial charge in [-0.2, -0.15) is 0 Å². The molecule has 1 aromatic rings. The second-order valence-electron chi connectivity index (χ2n) is 4.74. The Labute approximate surface area is 105 Å². The van der Waals surface area contributed by atoms with E-state index in [0.29, 0.717) is 10.7 Å². The number of halogens is 1. The molecule has 2 N–H and O–H groups in total. The summed E-state index contributed by atoms with van der Waals surface area (Å²) in [5, 5.41) is 21.8. The van der Waals surface area contributed by atoms with Crippen LogP contribution in [0, 0.1) is 0 Å². The number of benzene rings is 1. The molecule has 0 bridgehead atoms. The monoisotopic (exact) mass is 255 g/mol. The molecule has 1 aromatic carbocycles. The van der Waals surface area contributed by atoms with Crippen molar-refractivity contribution in [2.45, 2.75) is 32.5 Å². The van der Waals surface area contributed by atoms with Crippen LogP contribution in [0.5, 0.6) is 0 Å². The van der Waals surface area contributed by atoms with E-state index in [9.17, 15) is 10.4 Å². The van der Waals surface area contributed by atoms with Gasteiger partial charge in [0.2, 0.25) is 0 Å². The van der Waals surface area contributed by atoms with E-state index in [1.165, 1.54) is 0 Å². The average molecular weight is 256 g/mol. The van der Waals surface area contributed by atoms with Gasteiger partial charge in [-0.05, 0) is 42.9 Å². The third-order valence-corrected chi connectivity index (χ3v) is 3.46. The molecule has 4 nitrogen and oxygen atoms in total. The molecule has 17 heavy (non-hydrogen) atoms. The normalized spacial score (nSPS) is 24.4. The van der Waals surface area contributed by atoms with Gasteiger partial charge in [-0.15, -0.1) is 5.06 Å². The van der Waals surface area contributed by atoms with Gasteiger partial charge < -0.3 is 5.21 Å². The Balaban J connectivity index is 2.53. The van der Waals surface area contributed by atoms with Crippen LogP contribution in [0.3, 0.4) is 0 Å². The molecule has 0 radical (unpaired) electrons. The topological polar surface area (TPSA) is 46.7 Å². The number of hydrogen-bond donors (Lipinski definition) is 2. The third kappa shape index (κ3) is 1.82. The summed E-state index contributed by atoms with van der Waals surface area (Å²) in [4.78, 5) is 0. The summed E-state index contributed by atoms with van der Waals surface area (Å²) in [6, 6.07) is 7.18. The smallest absolute Gasteiger partial charge is 0.276 e. The lowest BCUT2D eigenvalue weighted by Crippen LogP contribution is -2.45. The van der Waals surface area contributed by atoms with E-state index in [0.717, 1.165) is 15.4 Å². The fourth-order valence-corrected chi connectivity index (χ4v) is 2.37. The summed E-state index contributed by atoms with van der Waals surface area (Å²) in [6.45, 7) is 5.43. The highest BCUT2D eigenvalue weighted by molar-refractivity contribution is 6.30. The SMILES string of the molecule is CC1N(O)C(C)(C)C(c2ccc(Cl)cc2)=[N+]1O. The molecular weight excluding hydrogens is 240 g/mol. The van der Waals surface area contributed by atoms with Crippen molar-refractivity contribution >= 4 is 17.3 Å². The van der Waals surface area contributed by atoms with Gasteiger partial charge in [0.25, 0.3) is 11.9 Å². The Morgan fingerprint density at radius 2 is 1.82 bits per heavy atom. The first-order valence-corrected chi connectivity index (χ1v) is 5.83. The van der Waals surface area contributed by atoms with Gasteiger partial charge in [0.15, 0.2) is 0 Å². The molecule has 0 saturated carbocycles. The Morgan fingerprint density at radius 1 is 1.29 bits per heavy atom. The first-order chi connectivity index (χ1) is 7.85. The molecule has 1 aliphatic rings. The van der Waals surface area contributed by atoms with Crippen molar-refractivity contribution in [2.24, 2.45) is 0 Å². The minimum absolute atomic E-state index is 0.476. The largest absolute Gasteiger partial charge is 0.307 e. The van der Waals surface area contributed by atoms with Crippen molar-refractivity contribution in [3.8, 4) is 0 Å². The van der Waals surface area contributed by atoms with Crippen molar-refractivity contribution < 1.29 is 15.2 Å². The van der Waals surface area contributed by atoms with Crippen LogP contribution in [0.4, 0.5) is 0 Å². The van der Waals surface area contributed by atoms with Crippen molar-refractivity contribution in [3.63, 3.8) is 0 Å². The maximum atomic E-state index is 10.0. The Hall–Kier alpha value is -1.10. The Morgan fingerprint density at radius 3 is 2.24 bits per heavy atom. The van der Waals surface area contributed by atoms with Crippen LogP contribution in [0.15, 0.2) is 24.3 Å². The first-order valence-electron chi connectivity index (χ1n) is 5.45. The van der Waals surface area contributed by atoms with Gasteiger partial charge in [-0.25, -0.2) is 0 Å². The molecule has 0 aromatic heterocycles. The molecule has 0 aliphatic carbocycles. The molecule has 0 fully saturated rings. The summed E-state index contributed by atoms with van der Waals surface area (Å²) >= 11 is 5.84. The van der Waals surface area contributed by atoms with Crippen molar-refractivity contribution in [1.82, 2.24) is 5.06 Å². The number of rotatable bonds is 1. The van der Waals surface area contributed by atoms with Gasteiger partial charge in [0.05, 0.1) is 0 Å². The van der Waals surface area contributed by atoms with Gasteiger partial charge in [-0.3, -0.25) is 5.21 Å². The average Bonchev–Trinajstić information content (AvgIpc) is 2.42. The van der Waals surface area contributed by atoms with E-state index in [1.807, 2.05) is 26.0 Å². The van der Waals surface area contributed by atoms with Gasteiger partial charge >= 0.3 is 0 Å². The highest BCUT2D eigenvalue weighted by atomic mass is 35.5. The molecule has 2 rings (SSSR count). The molecule has 1 atom stereocenters. The van der Waals surface area contributed by atoms with Gasteiger partial charge in [0, 0.05) is 17.5 Å². The van der Waals surface area contributed by atoms with E-state index in [4.69, 9.17) is 11.6 Å². The summed E-state index contributed by atoms with van der Waals surface area (Å²) in [6.07, 6.45) is -0.476. The lowest BCUT2D eigenvalue weighted by atomic mass is 9.93. The molecule has 1 aliphatic heterocycles. The molecular formula is C12H16ClN2O2+. The van der Waals surface area contributed by atoms with Crippen LogP contribution in [-0.2, 0) is 0 Å². The minimum atomic E-state index is -0.651. The molecule has 92 valence electrons. The third-order valence-electron chi connectivity index (χ3n) is 3.21. The highest BCUT2D eigenvalue weighted by Gasteiger charge is 2.53. The van der Waals surface area contributed by atoms with Crippen LogP contribution in [0.25, 0.3) is 0 Å². The fraction of sp³-hybridized carbons (Fsp3) is 0.417. The van der Waals surface area contributed by atoms with Crippen molar-refractivity contribution in [3.05, 3.63) is 34.9 Å². The quantitative estimate of drug-likeness (QED) is 0.598. The molecule has 0 spiro atoms. The fourth-order valence-electron chi connectivity index (χ4n) is 2.24. The van der Waals surface area contributed by atoms with E-state index in [1.54, 1.807) is 19.1 Å². The second-order valence-corrected chi connectivity index (χ2v) is 5.17. The standard InChI is InChI=1S/C12H16ClN2O2/c1-8-14(16)11(12(2,3)15(8)17)9-4-6-10(13)7-5-9/h4-8,16-17H,1-3H3/q+1. The van der Waals surface area contributed by atoms with Crippen LogP contribution in [-0.4, -0.2) is 37.6 Å². The zero-order valence-corrected chi connectivity index (χ0v) is 10.8.